The van der Waals surface area contributed by atoms with Crippen molar-refractivity contribution >= 4 is 37.7 Å². The highest BCUT2D eigenvalue weighted by atomic mass is 32.3. The first-order valence-electron chi connectivity index (χ1n) is 19.6. The number of aromatic nitrogens is 3. The molecule has 0 bridgehead atoms. The van der Waals surface area contributed by atoms with Crippen molar-refractivity contribution < 1.29 is 4.42 Å². The average Bonchev–Trinajstić information content (AvgIpc) is 3.67. The fourth-order valence-electron chi connectivity index (χ4n) is 8.51. The first-order chi connectivity index (χ1) is 27.8. The van der Waals surface area contributed by atoms with Crippen molar-refractivity contribution in [1.29, 1.82) is 0 Å². The van der Waals surface area contributed by atoms with Gasteiger partial charge in [0.25, 0.3) is 0 Å². The Labute approximate surface area is 329 Å². The van der Waals surface area contributed by atoms with E-state index in [4.69, 9.17) is 19.4 Å². The van der Waals surface area contributed by atoms with Gasteiger partial charge >= 0.3 is 0 Å². The maximum atomic E-state index is 6.39. The summed E-state index contributed by atoms with van der Waals surface area (Å²) in [6.07, 6.45) is 20.8. The summed E-state index contributed by atoms with van der Waals surface area (Å²) in [7, 11) is -1.69. The molecular weight excluding hydrogens is 703 g/mol. The van der Waals surface area contributed by atoms with Gasteiger partial charge in [-0.2, -0.15) is 10.0 Å². The lowest BCUT2D eigenvalue weighted by Crippen LogP contribution is -2.20. The van der Waals surface area contributed by atoms with E-state index in [1.54, 1.807) is 0 Å². The van der Waals surface area contributed by atoms with Crippen molar-refractivity contribution in [3.05, 3.63) is 211 Å². The Morgan fingerprint density at radius 2 is 1.20 bits per heavy atom. The second-order valence-corrected chi connectivity index (χ2v) is 17.8. The minimum atomic E-state index is -1.69. The van der Waals surface area contributed by atoms with Crippen LogP contribution >= 0.6 is 10.0 Å². The molecule has 10 rings (SSSR count). The molecule has 5 heteroatoms. The van der Waals surface area contributed by atoms with E-state index in [0.717, 1.165) is 71.1 Å². The molecule has 1 unspecified atom stereocenters. The number of aryl methyl sites for hydroxylation is 1. The number of furan rings is 1. The Bertz CT molecular complexity index is 2630. The van der Waals surface area contributed by atoms with E-state index in [2.05, 4.69) is 170 Å². The predicted octanol–water partition coefficient (Wildman–Crippen LogP) is 13.1. The van der Waals surface area contributed by atoms with Gasteiger partial charge in [-0.1, -0.05) is 134 Å². The van der Waals surface area contributed by atoms with Crippen LogP contribution in [0.4, 0.5) is 0 Å². The van der Waals surface area contributed by atoms with Crippen molar-refractivity contribution in [2.45, 2.75) is 52.0 Å². The van der Waals surface area contributed by atoms with Crippen molar-refractivity contribution in [2.24, 2.45) is 0 Å². The molecule has 4 nitrogen and oxygen atoms in total. The number of nitrogens with zero attached hydrogens (tertiary/aromatic N) is 3. The molecule has 0 N–H and O–H groups in total. The van der Waals surface area contributed by atoms with Gasteiger partial charge in [0, 0.05) is 39.3 Å². The largest absolute Gasteiger partial charge is 0.460 e. The molecular formula is C51H41N3OS. The minimum absolute atomic E-state index is 0.216. The molecule has 2 heterocycles. The fourth-order valence-corrected chi connectivity index (χ4v) is 12.8. The lowest BCUT2D eigenvalue weighted by atomic mass is 9.93. The topological polar surface area (TPSA) is 51.8 Å². The highest BCUT2D eigenvalue weighted by Crippen LogP contribution is 2.72. The van der Waals surface area contributed by atoms with Crippen molar-refractivity contribution in [3.63, 3.8) is 0 Å². The number of allylic oxidation sites excluding steroid dienone is 8. The summed E-state index contributed by atoms with van der Waals surface area (Å²) in [4.78, 5) is 19.9. The lowest BCUT2D eigenvalue weighted by Gasteiger charge is -2.47. The lowest BCUT2D eigenvalue weighted by molar-refractivity contribution is 0.545. The van der Waals surface area contributed by atoms with E-state index in [9.17, 15) is 0 Å². The van der Waals surface area contributed by atoms with Crippen LogP contribution in [0.2, 0.25) is 0 Å². The van der Waals surface area contributed by atoms with Gasteiger partial charge in [-0.15, -0.1) is 0 Å². The van der Waals surface area contributed by atoms with E-state index in [1.807, 2.05) is 12.1 Å². The van der Waals surface area contributed by atoms with Gasteiger partial charge in [0.2, 0.25) is 0 Å². The summed E-state index contributed by atoms with van der Waals surface area (Å²) < 4.78 is 6.39. The third-order valence-electron chi connectivity index (χ3n) is 11.1. The van der Waals surface area contributed by atoms with Crippen LogP contribution in [0.3, 0.4) is 0 Å². The standard InChI is InChI=1S/C51H41N3OS/c1-5-17-36(18-6-1)38-19-15-20-39(35-38)50-52-49(53-51(54-50)45-28-16-30-47-48(45)44-27-13-14-29-46(44)55-47)37-31-33-43(34-32-37)56(40-21-7-2-8-22-40,41-23-9-3-10-24-41)42-25-11-4-12-26-42/h2-5,7-15,17-29,31-33,35,43H,1,6,16,30,34H2. The Morgan fingerprint density at radius 1 is 0.536 bits per heavy atom. The zero-order valence-electron chi connectivity index (χ0n) is 31.1. The van der Waals surface area contributed by atoms with Crippen molar-refractivity contribution in [3.8, 4) is 11.4 Å². The summed E-state index contributed by atoms with van der Waals surface area (Å²) in [5.74, 6) is 3.02. The Kier molecular flexibility index (Phi) is 9.00. The summed E-state index contributed by atoms with van der Waals surface area (Å²) >= 11 is 0. The molecule has 2 aromatic heterocycles. The third-order valence-corrected chi connectivity index (χ3v) is 15.4. The van der Waals surface area contributed by atoms with Gasteiger partial charge in [-0.05, 0) is 100 Å². The minimum Gasteiger partial charge on any atom is -0.460 e. The quantitative estimate of drug-likeness (QED) is 0.156. The Morgan fingerprint density at radius 3 is 1.88 bits per heavy atom. The second-order valence-electron chi connectivity index (χ2n) is 14.5. The van der Waals surface area contributed by atoms with Crippen LogP contribution in [-0.4, -0.2) is 20.2 Å². The first kappa shape index (κ1) is 34.2. The van der Waals surface area contributed by atoms with Crippen LogP contribution in [0.5, 0.6) is 0 Å². The number of para-hydroxylation sites is 1. The predicted molar refractivity (Wildman–Crippen MR) is 230 cm³/mol. The average molecular weight is 744 g/mol. The molecule has 0 amide bonds. The van der Waals surface area contributed by atoms with Gasteiger partial charge in [0.1, 0.15) is 11.3 Å². The highest BCUT2D eigenvalue weighted by molar-refractivity contribution is 8.34. The van der Waals surface area contributed by atoms with E-state index in [-0.39, 0.29) is 5.25 Å². The van der Waals surface area contributed by atoms with Gasteiger partial charge in [-0.3, -0.25) is 0 Å². The smallest absolute Gasteiger partial charge is 0.164 e. The maximum absolute atomic E-state index is 6.39. The molecule has 0 fully saturated rings. The number of benzene rings is 5. The monoisotopic (exact) mass is 743 g/mol. The maximum Gasteiger partial charge on any atom is 0.164 e. The van der Waals surface area contributed by atoms with Crippen LogP contribution in [0.1, 0.15) is 54.2 Å². The number of hydrogen-bond donors (Lipinski definition) is 0. The van der Waals surface area contributed by atoms with Crippen molar-refractivity contribution in [1.82, 2.24) is 15.0 Å². The van der Waals surface area contributed by atoms with E-state index in [1.165, 1.54) is 25.8 Å². The summed E-state index contributed by atoms with van der Waals surface area (Å²) in [5, 5.41) is 1.31. The van der Waals surface area contributed by atoms with Crippen LogP contribution in [0, 0.1) is 0 Å². The molecule has 3 aliphatic carbocycles. The van der Waals surface area contributed by atoms with Crippen LogP contribution in [0.15, 0.2) is 201 Å². The summed E-state index contributed by atoms with van der Waals surface area (Å²) in [5.41, 5.74) is 7.39. The van der Waals surface area contributed by atoms with Crippen LogP contribution in [-0.2, 0) is 6.42 Å². The fraction of sp³-hybridized carbons (Fsp3) is 0.118. The van der Waals surface area contributed by atoms with E-state index < -0.39 is 10.0 Å². The summed E-state index contributed by atoms with van der Waals surface area (Å²) in [6, 6.07) is 50.2. The second kappa shape index (κ2) is 14.7. The van der Waals surface area contributed by atoms with Gasteiger partial charge < -0.3 is 4.42 Å². The molecule has 272 valence electrons. The normalized spacial score (nSPS) is 16.9. The number of fused-ring (bicyclic) bond motifs is 3. The molecule has 0 saturated heterocycles. The molecule has 56 heavy (non-hydrogen) atoms. The zero-order valence-corrected chi connectivity index (χ0v) is 31.9. The molecule has 0 spiro atoms. The van der Waals surface area contributed by atoms with Gasteiger partial charge in [-0.25, -0.2) is 15.0 Å². The van der Waals surface area contributed by atoms with Crippen molar-refractivity contribution in [2.75, 3.05) is 0 Å². The number of rotatable bonds is 8. The molecule has 1 atom stereocenters. The zero-order chi connectivity index (χ0) is 37.3. The number of hydrogen-bond acceptors (Lipinski definition) is 4. The highest BCUT2D eigenvalue weighted by Gasteiger charge is 2.38. The molecule has 0 saturated carbocycles. The van der Waals surface area contributed by atoms with Gasteiger partial charge in [0.15, 0.2) is 17.5 Å². The molecule has 0 radical (unpaired) electrons. The first-order valence-corrected chi connectivity index (χ1v) is 21.3. The van der Waals surface area contributed by atoms with E-state index >= 15 is 0 Å². The van der Waals surface area contributed by atoms with E-state index in [0.29, 0.717) is 17.5 Å². The Balaban J connectivity index is 1.10. The molecule has 7 aromatic rings. The molecule has 0 aliphatic heterocycles. The van der Waals surface area contributed by atoms with Crippen LogP contribution < -0.4 is 0 Å². The molecule has 5 aromatic carbocycles. The van der Waals surface area contributed by atoms with Gasteiger partial charge in [0.05, 0.1) is 0 Å². The molecule has 3 aliphatic rings. The third kappa shape index (κ3) is 6.09. The van der Waals surface area contributed by atoms with Crippen LogP contribution in [0.25, 0.3) is 39.1 Å². The SMILES string of the molecule is C1=CC(c2cccc(-c3nc(C4=CCC(S(c5ccccc5)(c5ccccc5)c5ccccc5)C=C4)nc(C4=CCCc5oc6ccccc6c54)n3)c2)=CCC1. The summed E-state index contributed by atoms with van der Waals surface area (Å²) in [6.45, 7) is 0. The Hall–Kier alpha value is -6.30.